The third kappa shape index (κ3) is 8.97. The Labute approximate surface area is 259 Å². The summed E-state index contributed by atoms with van der Waals surface area (Å²) in [4.78, 5) is 0. The van der Waals surface area contributed by atoms with Crippen molar-refractivity contribution in [2.24, 2.45) is 0 Å². The van der Waals surface area contributed by atoms with Crippen LogP contribution in [0.2, 0.25) is 0 Å². The van der Waals surface area contributed by atoms with Gasteiger partial charge in [0.05, 0.1) is 0 Å². The summed E-state index contributed by atoms with van der Waals surface area (Å²) in [5.74, 6) is 0. The maximum absolute atomic E-state index is 2.65. The molecule has 0 bridgehead atoms. The molecular formula is C36H45FeP3-6. The van der Waals surface area contributed by atoms with Crippen LogP contribution in [0.15, 0.2) is 103 Å². The van der Waals surface area contributed by atoms with Crippen LogP contribution >= 0.6 is 25.1 Å². The minimum absolute atomic E-state index is 0. The molecule has 40 heavy (non-hydrogen) atoms. The van der Waals surface area contributed by atoms with E-state index < -0.39 is 0 Å². The molecular weight excluding hydrogens is 581 g/mol. The maximum Gasteiger partial charge on any atom is 0 e. The molecule has 3 atom stereocenters. The van der Waals surface area contributed by atoms with Gasteiger partial charge in [-0.05, 0) is 53.3 Å². The van der Waals surface area contributed by atoms with E-state index in [0.717, 1.165) is 34.1 Å². The SMILES string of the molecule is CC([c-]1c(Pc2ccccc2)ccc1Pc1ccccc1)P(C1CCCCC1)C1CCCCC1.[Fe].[cH-]1[cH-][cH-][cH-][cH-]1. The molecule has 4 aromatic carbocycles. The van der Waals surface area contributed by atoms with Crippen LogP contribution < -0.4 is 21.2 Å². The smallest absolute Gasteiger partial charge is 0 e. The van der Waals surface area contributed by atoms with Crippen LogP contribution in [0.25, 0.3) is 0 Å². The van der Waals surface area contributed by atoms with Crippen molar-refractivity contribution in [2.75, 3.05) is 0 Å². The molecule has 0 nitrogen and oxygen atoms in total. The Morgan fingerprint density at radius 3 is 1.35 bits per heavy atom. The molecule has 4 aromatic rings. The zero-order valence-electron chi connectivity index (χ0n) is 23.9. The van der Waals surface area contributed by atoms with Gasteiger partial charge in [-0.2, -0.15) is 0 Å². The van der Waals surface area contributed by atoms with Gasteiger partial charge in [-0.15, -0.1) is 24.1 Å². The summed E-state index contributed by atoms with van der Waals surface area (Å²) in [6, 6.07) is 37.4. The fourth-order valence-corrected chi connectivity index (χ4v) is 14.0. The van der Waals surface area contributed by atoms with Gasteiger partial charge in [0.15, 0.2) is 0 Å². The fourth-order valence-electron chi connectivity index (χ4n) is 6.67. The van der Waals surface area contributed by atoms with Gasteiger partial charge in [-0.3, -0.25) is 0 Å². The predicted molar refractivity (Wildman–Crippen MR) is 181 cm³/mol. The van der Waals surface area contributed by atoms with Crippen LogP contribution in [0.1, 0.15) is 82.4 Å². The third-order valence-corrected chi connectivity index (χ3v) is 15.0. The van der Waals surface area contributed by atoms with Crippen molar-refractivity contribution in [3.63, 3.8) is 0 Å². The van der Waals surface area contributed by atoms with Crippen molar-refractivity contribution < 1.29 is 17.1 Å². The first kappa shape index (κ1) is 31.9. The van der Waals surface area contributed by atoms with Gasteiger partial charge in [0.2, 0.25) is 0 Å². The molecule has 2 saturated carbocycles. The normalized spacial score (nSPS) is 17.6. The standard InChI is InChI=1S/C31H40P3.C5H5.Fe/c1-24(34(27-18-10-4-11-19-27)28-20-12-5-13-21-28)31-29(32-25-14-6-2-7-15-25)22-23-30(31)33-26-16-8-3-9-17-26;1-2-4-5-3-1;/h2-3,6-9,14-17,22-24,27-28,32-33H,4-5,10-13,18-21H2,1H3;1-5H;/q-1;-5;. The van der Waals surface area contributed by atoms with E-state index in [4.69, 9.17) is 0 Å². The van der Waals surface area contributed by atoms with E-state index >= 15 is 0 Å². The van der Waals surface area contributed by atoms with Crippen molar-refractivity contribution >= 4 is 46.3 Å². The van der Waals surface area contributed by atoms with E-state index in [9.17, 15) is 0 Å². The van der Waals surface area contributed by atoms with Crippen LogP contribution in [0.4, 0.5) is 0 Å². The second-order valence-corrected chi connectivity index (χ2v) is 17.1. The van der Waals surface area contributed by atoms with Gasteiger partial charge in [0.25, 0.3) is 0 Å². The van der Waals surface area contributed by atoms with Crippen LogP contribution in [-0.2, 0) is 17.1 Å². The summed E-state index contributed by atoms with van der Waals surface area (Å²) in [5, 5.41) is 6.24. The molecule has 2 aliphatic carbocycles. The first-order valence-electron chi connectivity index (χ1n) is 15.2. The number of hydrogen-bond acceptors (Lipinski definition) is 0. The van der Waals surface area contributed by atoms with Crippen molar-refractivity contribution in [1.82, 2.24) is 0 Å². The summed E-state index contributed by atoms with van der Waals surface area (Å²) in [5.41, 5.74) is 4.48. The van der Waals surface area contributed by atoms with Gasteiger partial charge in [0.1, 0.15) is 0 Å². The van der Waals surface area contributed by atoms with E-state index in [2.05, 4.69) is 79.7 Å². The molecule has 0 N–H and O–H groups in total. The molecule has 0 radical (unpaired) electrons. The number of rotatable bonds is 8. The Hall–Kier alpha value is -1.05. The summed E-state index contributed by atoms with van der Waals surface area (Å²) in [7, 11) is 1.57. The monoisotopic (exact) mass is 626 g/mol. The molecule has 3 unspecified atom stereocenters. The van der Waals surface area contributed by atoms with E-state index in [1.807, 2.05) is 30.3 Å². The fraction of sp³-hybridized carbons (Fsp3) is 0.389. The first-order chi connectivity index (χ1) is 19.3. The van der Waals surface area contributed by atoms with Crippen molar-refractivity contribution in [2.45, 2.75) is 88.1 Å². The third-order valence-electron chi connectivity index (χ3n) is 8.52. The summed E-state index contributed by atoms with van der Waals surface area (Å²) < 4.78 is 0. The zero-order valence-corrected chi connectivity index (χ0v) is 27.9. The molecule has 0 aromatic heterocycles. The Morgan fingerprint density at radius 2 is 0.975 bits per heavy atom. The van der Waals surface area contributed by atoms with Crippen LogP contribution in [-0.4, -0.2) is 11.3 Å². The van der Waals surface area contributed by atoms with Crippen LogP contribution in [0, 0.1) is 0 Å². The van der Waals surface area contributed by atoms with Gasteiger partial charge in [0, 0.05) is 17.1 Å². The molecule has 0 aliphatic heterocycles. The summed E-state index contributed by atoms with van der Waals surface area (Å²) in [6.07, 6.45) is 14.8. The summed E-state index contributed by atoms with van der Waals surface area (Å²) >= 11 is 0. The van der Waals surface area contributed by atoms with Crippen LogP contribution in [0.5, 0.6) is 0 Å². The van der Waals surface area contributed by atoms with Gasteiger partial charge < -0.3 is 30.3 Å². The van der Waals surface area contributed by atoms with E-state index in [1.54, 1.807) is 16.2 Å². The molecule has 4 heteroatoms. The van der Waals surface area contributed by atoms with Crippen molar-refractivity contribution in [3.05, 3.63) is 109 Å². The van der Waals surface area contributed by atoms with Crippen LogP contribution in [0.3, 0.4) is 0 Å². The second kappa shape index (κ2) is 17.2. The largest absolute Gasteiger partial charge is 0.748 e. The maximum atomic E-state index is 2.65. The minimum atomic E-state index is 0. The minimum Gasteiger partial charge on any atom is -0.748 e. The van der Waals surface area contributed by atoms with Gasteiger partial charge in [-0.25, -0.2) is 12.1 Å². The molecule has 218 valence electrons. The van der Waals surface area contributed by atoms with Crippen molar-refractivity contribution in [3.8, 4) is 0 Å². The molecule has 0 spiro atoms. The molecule has 0 saturated heterocycles. The first-order valence-corrected chi connectivity index (χ1v) is 18.7. The average Bonchev–Trinajstić information content (AvgIpc) is 3.70. The van der Waals surface area contributed by atoms with Gasteiger partial charge >= 0.3 is 0 Å². The number of benzene rings is 2. The quantitative estimate of drug-likeness (QED) is 0.104. The Bertz CT molecular complexity index is 1100. The molecule has 2 fully saturated rings. The predicted octanol–water partition coefficient (Wildman–Crippen LogP) is 9.28. The molecule has 2 aliphatic rings. The second-order valence-electron chi connectivity index (χ2n) is 11.2. The Morgan fingerprint density at radius 1 is 0.600 bits per heavy atom. The molecule has 0 heterocycles. The van der Waals surface area contributed by atoms with E-state index in [1.165, 1.54) is 74.8 Å². The Balaban J connectivity index is 0.000000557. The van der Waals surface area contributed by atoms with E-state index in [-0.39, 0.29) is 25.0 Å². The zero-order chi connectivity index (χ0) is 26.7. The van der Waals surface area contributed by atoms with Gasteiger partial charge in [-0.1, -0.05) is 123 Å². The van der Waals surface area contributed by atoms with E-state index in [0.29, 0.717) is 0 Å². The Kier molecular flexibility index (Phi) is 13.7. The summed E-state index contributed by atoms with van der Waals surface area (Å²) in [6.45, 7) is 2.65. The topological polar surface area (TPSA) is 0 Å². The molecule has 0 amide bonds. The molecule has 6 rings (SSSR count). The average molecular weight is 627 g/mol. The van der Waals surface area contributed by atoms with Crippen molar-refractivity contribution in [1.29, 1.82) is 0 Å². The number of hydrogen-bond donors (Lipinski definition) is 0.